The molecule has 2 amide bonds. The van der Waals surface area contributed by atoms with E-state index in [4.69, 9.17) is 4.42 Å². The predicted octanol–water partition coefficient (Wildman–Crippen LogP) is 4.14. The Labute approximate surface area is 166 Å². The lowest BCUT2D eigenvalue weighted by atomic mass is 9.89. The molecule has 0 aliphatic heterocycles. The molecule has 1 aliphatic rings. The minimum atomic E-state index is -0.117. The number of carbonyl (C=O) groups excluding carboxylic acids is 2. The Kier molecular flexibility index (Phi) is 8.13. The SMILES string of the molecule is CN(CCSc1nnc(C(=O)CCC(C)(C)C)o1)C(=O)NC1CCCCC1. The molecule has 1 heterocycles. The van der Waals surface area contributed by atoms with Gasteiger partial charge in [0.15, 0.2) is 0 Å². The molecule has 1 saturated carbocycles. The number of amides is 2. The van der Waals surface area contributed by atoms with Crippen LogP contribution in [0, 0.1) is 5.41 Å². The van der Waals surface area contributed by atoms with E-state index in [9.17, 15) is 9.59 Å². The van der Waals surface area contributed by atoms with Gasteiger partial charge in [0.2, 0.25) is 5.78 Å². The molecule has 1 aliphatic carbocycles. The Bertz CT molecular complexity index is 621. The highest BCUT2D eigenvalue weighted by Crippen LogP contribution is 2.23. The van der Waals surface area contributed by atoms with E-state index >= 15 is 0 Å². The van der Waals surface area contributed by atoms with E-state index in [1.807, 2.05) is 0 Å². The molecule has 0 radical (unpaired) electrons. The minimum absolute atomic E-state index is 0.0360. The molecule has 1 fully saturated rings. The second-order valence-electron chi connectivity index (χ2n) is 8.41. The third-order valence-corrected chi connectivity index (χ3v) is 5.48. The van der Waals surface area contributed by atoms with Crippen LogP contribution in [-0.2, 0) is 0 Å². The quantitative estimate of drug-likeness (QED) is 0.525. The molecule has 1 N–H and O–H groups in total. The molecule has 27 heavy (non-hydrogen) atoms. The van der Waals surface area contributed by atoms with Crippen molar-refractivity contribution in [1.82, 2.24) is 20.4 Å². The van der Waals surface area contributed by atoms with Gasteiger partial charge in [-0.2, -0.15) is 0 Å². The number of hydrogen-bond donors (Lipinski definition) is 1. The van der Waals surface area contributed by atoms with Crippen molar-refractivity contribution in [3.8, 4) is 0 Å². The Balaban J connectivity index is 1.69. The van der Waals surface area contributed by atoms with Crippen LogP contribution < -0.4 is 5.32 Å². The van der Waals surface area contributed by atoms with Crippen molar-refractivity contribution in [2.75, 3.05) is 19.3 Å². The molecule has 0 saturated heterocycles. The number of carbonyl (C=O) groups is 2. The smallest absolute Gasteiger partial charge is 0.317 e. The molecule has 0 atom stereocenters. The summed E-state index contributed by atoms with van der Waals surface area (Å²) in [6, 6.07) is 0.269. The number of hydrogen-bond acceptors (Lipinski definition) is 6. The van der Waals surface area contributed by atoms with Crippen LogP contribution >= 0.6 is 11.8 Å². The maximum absolute atomic E-state index is 12.2. The van der Waals surface area contributed by atoms with Gasteiger partial charge in [0.1, 0.15) is 0 Å². The van der Waals surface area contributed by atoms with Crippen LogP contribution in [0.3, 0.4) is 0 Å². The normalized spacial score (nSPS) is 15.6. The summed E-state index contributed by atoms with van der Waals surface area (Å²) in [5.74, 6) is 0.588. The first-order valence-corrected chi connectivity index (χ1v) is 10.7. The van der Waals surface area contributed by atoms with Gasteiger partial charge in [-0.3, -0.25) is 4.79 Å². The van der Waals surface area contributed by atoms with E-state index in [0.29, 0.717) is 30.0 Å². The number of rotatable bonds is 8. The number of aromatic nitrogens is 2. The zero-order chi connectivity index (χ0) is 19.9. The van der Waals surface area contributed by atoms with Crippen LogP contribution in [0.2, 0.25) is 0 Å². The fraction of sp³-hybridized carbons (Fsp3) is 0.789. The van der Waals surface area contributed by atoms with Crippen molar-refractivity contribution in [1.29, 1.82) is 0 Å². The lowest BCUT2D eigenvalue weighted by Gasteiger charge is -2.26. The van der Waals surface area contributed by atoms with E-state index in [1.165, 1.54) is 31.0 Å². The van der Waals surface area contributed by atoms with Crippen molar-refractivity contribution in [3.05, 3.63) is 5.89 Å². The average Bonchev–Trinajstić information content (AvgIpc) is 3.08. The van der Waals surface area contributed by atoms with Gasteiger partial charge in [0, 0.05) is 31.8 Å². The van der Waals surface area contributed by atoms with Gasteiger partial charge in [-0.1, -0.05) is 51.8 Å². The first-order valence-electron chi connectivity index (χ1n) is 9.76. The van der Waals surface area contributed by atoms with Gasteiger partial charge in [0.25, 0.3) is 11.1 Å². The number of nitrogens with one attached hydrogen (secondary N) is 1. The lowest BCUT2D eigenvalue weighted by molar-refractivity contribution is 0.0927. The molecule has 0 spiro atoms. The van der Waals surface area contributed by atoms with Crippen molar-refractivity contribution >= 4 is 23.6 Å². The van der Waals surface area contributed by atoms with E-state index in [1.54, 1.807) is 11.9 Å². The summed E-state index contributed by atoms with van der Waals surface area (Å²) in [4.78, 5) is 26.0. The minimum Gasteiger partial charge on any atom is -0.408 e. The standard InChI is InChI=1S/C19H32N4O3S/c1-19(2,3)11-10-15(24)16-21-22-18(26-16)27-13-12-23(4)17(25)20-14-8-6-5-7-9-14/h14H,5-13H2,1-4H3,(H,20,25). The third-order valence-electron chi connectivity index (χ3n) is 4.68. The summed E-state index contributed by atoms with van der Waals surface area (Å²) in [6.45, 7) is 6.85. The fourth-order valence-electron chi connectivity index (χ4n) is 2.88. The molecule has 1 aromatic rings. The van der Waals surface area contributed by atoms with Gasteiger partial charge < -0.3 is 14.6 Å². The van der Waals surface area contributed by atoms with Crippen LogP contribution in [-0.4, -0.2) is 52.3 Å². The largest absolute Gasteiger partial charge is 0.408 e. The zero-order valence-electron chi connectivity index (χ0n) is 16.9. The molecule has 152 valence electrons. The monoisotopic (exact) mass is 396 g/mol. The average molecular weight is 397 g/mol. The van der Waals surface area contributed by atoms with Crippen molar-refractivity contribution in [3.63, 3.8) is 0 Å². The highest BCUT2D eigenvalue weighted by atomic mass is 32.2. The topological polar surface area (TPSA) is 88.3 Å². The zero-order valence-corrected chi connectivity index (χ0v) is 17.7. The van der Waals surface area contributed by atoms with Crippen LogP contribution in [0.4, 0.5) is 4.79 Å². The highest BCUT2D eigenvalue weighted by Gasteiger charge is 2.20. The molecular weight excluding hydrogens is 364 g/mol. The molecule has 2 rings (SSSR count). The van der Waals surface area contributed by atoms with Crippen LogP contribution in [0.5, 0.6) is 0 Å². The van der Waals surface area contributed by atoms with E-state index in [0.717, 1.165) is 19.3 Å². The fourth-order valence-corrected chi connectivity index (χ4v) is 3.66. The van der Waals surface area contributed by atoms with Crippen LogP contribution in [0.25, 0.3) is 0 Å². The number of Topliss-reactive ketones (excluding diaryl/α,β-unsaturated/α-hetero) is 1. The molecule has 8 heteroatoms. The maximum atomic E-state index is 12.2. The number of thioether (sulfide) groups is 1. The van der Waals surface area contributed by atoms with Crippen molar-refractivity contribution < 1.29 is 14.0 Å². The second-order valence-corrected chi connectivity index (χ2v) is 9.46. The molecule has 7 nitrogen and oxygen atoms in total. The van der Waals surface area contributed by atoms with Gasteiger partial charge >= 0.3 is 6.03 Å². The van der Waals surface area contributed by atoms with Crippen LogP contribution in [0.1, 0.15) is 76.4 Å². The van der Waals surface area contributed by atoms with Crippen molar-refractivity contribution in [2.24, 2.45) is 5.41 Å². The first kappa shape index (κ1) is 21.7. The summed E-state index contributed by atoms with van der Waals surface area (Å²) in [6.07, 6.45) is 6.98. The summed E-state index contributed by atoms with van der Waals surface area (Å²) in [5.41, 5.74) is 0.0933. The van der Waals surface area contributed by atoms with Gasteiger partial charge in [-0.05, 0) is 24.7 Å². The van der Waals surface area contributed by atoms with Crippen LogP contribution in [0.15, 0.2) is 9.64 Å². The van der Waals surface area contributed by atoms with E-state index in [-0.39, 0.29) is 23.1 Å². The highest BCUT2D eigenvalue weighted by molar-refractivity contribution is 7.99. The maximum Gasteiger partial charge on any atom is 0.317 e. The number of ketones is 1. The molecule has 0 bridgehead atoms. The summed E-state index contributed by atoms with van der Waals surface area (Å²) < 4.78 is 5.45. The second kappa shape index (κ2) is 10.1. The van der Waals surface area contributed by atoms with Gasteiger partial charge in [-0.25, -0.2) is 4.79 Å². The van der Waals surface area contributed by atoms with Gasteiger partial charge in [-0.15, -0.1) is 10.2 Å². The van der Waals surface area contributed by atoms with Crippen molar-refractivity contribution in [2.45, 2.75) is 77.0 Å². The Morgan fingerprint density at radius 1 is 1.22 bits per heavy atom. The molecular formula is C19H32N4O3S. The predicted molar refractivity (Wildman–Crippen MR) is 106 cm³/mol. The summed E-state index contributed by atoms with van der Waals surface area (Å²) in [5, 5.41) is 11.2. The van der Waals surface area contributed by atoms with E-state index in [2.05, 4.69) is 36.3 Å². The van der Waals surface area contributed by atoms with E-state index < -0.39 is 0 Å². The number of urea groups is 1. The third kappa shape index (κ3) is 7.91. The summed E-state index contributed by atoms with van der Waals surface area (Å²) in [7, 11) is 1.79. The Morgan fingerprint density at radius 2 is 1.93 bits per heavy atom. The first-order chi connectivity index (χ1) is 12.7. The molecule has 1 aromatic heterocycles. The Hall–Kier alpha value is -1.57. The Morgan fingerprint density at radius 3 is 2.59 bits per heavy atom. The summed E-state index contributed by atoms with van der Waals surface area (Å²) >= 11 is 1.36. The molecule has 0 aromatic carbocycles. The lowest BCUT2D eigenvalue weighted by Crippen LogP contribution is -2.44. The van der Waals surface area contributed by atoms with Gasteiger partial charge in [0.05, 0.1) is 0 Å². The number of nitrogens with zero attached hydrogens (tertiary/aromatic N) is 3. The molecule has 0 unspecified atom stereocenters.